The number of benzene rings is 1. The summed E-state index contributed by atoms with van der Waals surface area (Å²) in [7, 11) is 0. The van der Waals surface area contributed by atoms with Gasteiger partial charge in [0.2, 0.25) is 5.88 Å². The zero-order valence-corrected chi connectivity index (χ0v) is 10.8. The molecule has 0 N–H and O–H groups in total. The average Bonchev–Trinajstić information content (AvgIpc) is 2.38. The van der Waals surface area contributed by atoms with E-state index >= 15 is 0 Å². The average molecular weight is 280 g/mol. The number of hydrogen-bond acceptors (Lipinski definition) is 5. The van der Waals surface area contributed by atoms with Gasteiger partial charge in [0.1, 0.15) is 5.15 Å². The summed E-state index contributed by atoms with van der Waals surface area (Å²) >= 11 is 5.88. The minimum Gasteiger partial charge on any atom is -0.478 e. The number of nitro groups is 1. The Kier molecular flexibility index (Phi) is 3.91. The molecule has 7 heteroatoms. The van der Waals surface area contributed by atoms with Crippen LogP contribution in [0, 0.1) is 10.1 Å². The van der Waals surface area contributed by atoms with Crippen LogP contribution in [-0.4, -0.2) is 21.5 Å². The van der Waals surface area contributed by atoms with Crippen molar-refractivity contribution in [3.8, 4) is 17.3 Å². The number of rotatable bonds is 4. The molecule has 0 saturated carbocycles. The number of non-ortho nitro benzene ring substituents is 1. The SMILES string of the molecule is CCOc1cc(Cl)nc(-c2ccc([N+](=O)[O-])cc2)n1. The number of nitro benzene ring substituents is 1. The van der Waals surface area contributed by atoms with Gasteiger partial charge in [-0.05, 0) is 19.1 Å². The number of ether oxygens (including phenoxy) is 1. The minimum atomic E-state index is -0.464. The molecule has 0 atom stereocenters. The molecule has 0 amide bonds. The second-order valence-electron chi connectivity index (χ2n) is 3.59. The van der Waals surface area contributed by atoms with Crippen LogP contribution in [0.4, 0.5) is 5.69 Å². The molecule has 0 aliphatic rings. The van der Waals surface area contributed by atoms with Crippen molar-refractivity contribution in [2.75, 3.05) is 6.61 Å². The Morgan fingerprint density at radius 3 is 2.58 bits per heavy atom. The van der Waals surface area contributed by atoms with E-state index in [1.165, 1.54) is 18.2 Å². The lowest BCUT2D eigenvalue weighted by atomic mass is 10.2. The van der Waals surface area contributed by atoms with Crippen LogP contribution in [0.3, 0.4) is 0 Å². The van der Waals surface area contributed by atoms with Gasteiger partial charge in [-0.1, -0.05) is 11.6 Å². The predicted octanol–water partition coefficient (Wildman–Crippen LogP) is 3.10. The van der Waals surface area contributed by atoms with Gasteiger partial charge in [-0.3, -0.25) is 10.1 Å². The van der Waals surface area contributed by atoms with Crippen LogP contribution in [0.15, 0.2) is 30.3 Å². The van der Waals surface area contributed by atoms with E-state index in [0.717, 1.165) is 0 Å². The molecule has 1 heterocycles. The Morgan fingerprint density at radius 1 is 1.32 bits per heavy atom. The molecule has 0 saturated heterocycles. The van der Waals surface area contributed by atoms with Crippen LogP contribution < -0.4 is 4.74 Å². The molecule has 2 rings (SSSR count). The maximum absolute atomic E-state index is 10.6. The summed E-state index contributed by atoms with van der Waals surface area (Å²) in [6.07, 6.45) is 0. The van der Waals surface area contributed by atoms with Gasteiger partial charge in [0.05, 0.1) is 11.5 Å². The Balaban J connectivity index is 2.37. The van der Waals surface area contributed by atoms with E-state index < -0.39 is 4.92 Å². The number of aromatic nitrogens is 2. The van der Waals surface area contributed by atoms with Crippen molar-refractivity contribution in [1.29, 1.82) is 0 Å². The molecule has 6 nitrogen and oxygen atoms in total. The Bertz CT molecular complexity index is 602. The first-order chi connectivity index (χ1) is 9.10. The molecule has 2 aromatic rings. The Hall–Kier alpha value is -2.21. The molecule has 19 heavy (non-hydrogen) atoms. The highest BCUT2D eigenvalue weighted by atomic mass is 35.5. The standard InChI is InChI=1S/C12H10ClN3O3/c1-2-19-11-7-10(13)14-12(15-11)8-3-5-9(6-4-8)16(17)18/h3-7H,2H2,1H3. The highest BCUT2D eigenvalue weighted by Crippen LogP contribution is 2.23. The van der Waals surface area contributed by atoms with Crippen molar-refractivity contribution in [2.24, 2.45) is 0 Å². The van der Waals surface area contributed by atoms with Gasteiger partial charge >= 0.3 is 0 Å². The Labute approximate surface area is 114 Å². The van der Waals surface area contributed by atoms with Gasteiger partial charge < -0.3 is 4.74 Å². The fraction of sp³-hybridized carbons (Fsp3) is 0.167. The normalized spacial score (nSPS) is 10.2. The van der Waals surface area contributed by atoms with Crippen molar-refractivity contribution in [3.05, 3.63) is 45.6 Å². The van der Waals surface area contributed by atoms with Gasteiger partial charge in [0, 0.05) is 23.8 Å². The third kappa shape index (κ3) is 3.17. The van der Waals surface area contributed by atoms with E-state index in [4.69, 9.17) is 16.3 Å². The van der Waals surface area contributed by atoms with Crippen LogP contribution in [0.1, 0.15) is 6.92 Å². The molecule has 0 radical (unpaired) electrons. The van der Waals surface area contributed by atoms with Crippen molar-refractivity contribution in [2.45, 2.75) is 6.92 Å². The van der Waals surface area contributed by atoms with Crippen LogP contribution in [-0.2, 0) is 0 Å². The number of nitrogens with zero attached hydrogens (tertiary/aromatic N) is 3. The zero-order chi connectivity index (χ0) is 13.8. The zero-order valence-electron chi connectivity index (χ0n) is 10.0. The third-order valence-corrected chi connectivity index (χ3v) is 2.49. The minimum absolute atomic E-state index is 0.0100. The van der Waals surface area contributed by atoms with E-state index in [1.54, 1.807) is 12.1 Å². The number of hydrogen-bond donors (Lipinski definition) is 0. The lowest BCUT2D eigenvalue weighted by molar-refractivity contribution is -0.384. The van der Waals surface area contributed by atoms with Crippen LogP contribution in [0.2, 0.25) is 5.15 Å². The largest absolute Gasteiger partial charge is 0.478 e. The maximum atomic E-state index is 10.6. The van der Waals surface area contributed by atoms with Crippen molar-refractivity contribution < 1.29 is 9.66 Å². The summed E-state index contributed by atoms with van der Waals surface area (Å²) in [5, 5.41) is 10.8. The lowest BCUT2D eigenvalue weighted by Crippen LogP contribution is -1.98. The molecule has 1 aromatic carbocycles. The van der Waals surface area contributed by atoms with E-state index in [1.807, 2.05) is 6.92 Å². The first-order valence-electron chi connectivity index (χ1n) is 5.52. The van der Waals surface area contributed by atoms with Crippen molar-refractivity contribution in [1.82, 2.24) is 9.97 Å². The smallest absolute Gasteiger partial charge is 0.269 e. The summed E-state index contributed by atoms with van der Waals surface area (Å²) in [5.74, 6) is 0.738. The molecular weight excluding hydrogens is 270 g/mol. The summed E-state index contributed by atoms with van der Waals surface area (Å²) in [5.41, 5.74) is 0.643. The van der Waals surface area contributed by atoms with Gasteiger partial charge in [-0.2, -0.15) is 4.98 Å². The first-order valence-corrected chi connectivity index (χ1v) is 5.90. The summed E-state index contributed by atoms with van der Waals surface area (Å²) < 4.78 is 5.27. The van der Waals surface area contributed by atoms with Gasteiger partial charge in [-0.25, -0.2) is 4.98 Å². The molecule has 0 bridgehead atoms. The summed E-state index contributed by atoms with van der Waals surface area (Å²) in [4.78, 5) is 18.4. The van der Waals surface area contributed by atoms with E-state index in [0.29, 0.717) is 23.9 Å². The monoisotopic (exact) mass is 279 g/mol. The molecule has 98 valence electrons. The quantitative estimate of drug-likeness (QED) is 0.488. The van der Waals surface area contributed by atoms with Crippen LogP contribution in [0.25, 0.3) is 11.4 Å². The number of halogens is 1. The predicted molar refractivity (Wildman–Crippen MR) is 70.3 cm³/mol. The van der Waals surface area contributed by atoms with E-state index in [2.05, 4.69) is 9.97 Å². The highest BCUT2D eigenvalue weighted by molar-refractivity contribution is 6.29. The molecule has 0 fully saturated rings. The molecule has 0 aliphatic carbocycles. The fourth-order valence-corrected chi connectivity index (χ4v) is 1.65. The molecule has 0 unspecified atom stereocenters. The van der Waals surface area contributed by atoms with Crippen LogP contribution >= 0.6 is 11.6 Å². The molecule has 0 spiro atoms. The highest BCUT2D eigenvalue weighted by Gasteiger charge is 2.09. The van der Waals surface area contributed by atoms with Crippen molar-refractivity contribution >= 4 is 17.3 Å². The second kappa shape index (κ2) is 5.62. The molecule has 1 aromatic heterocycles. The third-order valence-electron chi connectivity index (χ3n) is 2.30. The topological polar surface area (TPSA) is 78.2 Å². The van der Waals surface area contributed by atoms with Gasteiger partial charge in [0.25, 0.3) is 5.69 Å². The van der Waals surface area contributed by atoms with Gasteiger partial charge in [-0.15, -0.1) is 0 Å². The first kappa shape index (κ1) is 13.2. The van der Waals surface area contributed by atoms with Gasteiger partial charge in [0.15, 0.2) is 5.82 Å². The lowest BCUT2D eigenvalue weighted by Gasteiger charge is -2.05. The summed E-state index contributed by atoms with van der Waals surface area (Å²) in [6.45, 7) is 2.30. The van der Waals surface area contributed by atoms with Crippen molar-refractivity contribution in [3.63, 3.8) is 0 Å². The Morgan fingerprint density at radius 2 is 2.00 bits per heavy atom. The fourth-order valence-electron chi connectivity index (χ4n) is 1.48. The second-order valence-corrected chi connectivity index (χ2v) is 3.98. The summed E-state index contributed by atoms with van der Waals surface area (Å²) in [6, 6.07) is 7.43. The van der Waals surface area contributed by atoms with Crippen LogP contribution in [0.5, 0.6) is 5.88 Å². The van der Waals surface area contributed by atoms with E-state index in [9.17, 15) is 10.1 Å². The molecular formula is C12H10ClN3O3. The molecule has 0 aliphatic heterocycles. The maximum Gasteiger partial charge on any atom is 0.269 e. The van der Waals surface area contributed by atoms with E-state index in [-0.39, 0.29) is 10.8 Å².